The molecule has 3 N–H and O–H groups in total. The zero-order valence-electron chi connectivity index (χ0n) is 13.1. The molecular formula is C19H15N3O3. The molecule has 0 aliphatic carbocycles. The summed E-state index contributed by atoms with van der Waals surface area (Å²) < 4.78 is 0. The lowest BCUT2D eigenvalue weighted by Crippen LogP contribution is -2.23. The van der Waals surface area contributed by atoms with Crippen molar-refractivity contribution in [2.45, 2.75) is 0 Å². The molecule has 0 atom stereocenters. The molecule has 3 rings (SSSR count). The maximum Gasteiger partial charge on any atom is 0.328 e. The van der Waals surface area contributed by atoms with Crippen LogP contribution in [0.25, 0.3) is 6.08 Å². The fourth-order valence-electron chi connectivity index (χ4n) is 2.29. The van der Waals surface area contributed by atoms with E-state index in [9.17, 15) is 14.7 Å². The number of aromatic nitrogens is 2. The number of nitrogens with one attached hydrogen (secondary N) is 2. The lowest BCUT2D eigenvalue weighted by atomic mass is 10.2. The van der Waals surface area contributed by atoms with Crippen molar-refractivity contribution in [3.05, 3.63) is 99.0 Å². The summed E-state index contributed by atoms with van der Waals surface area (Å²) in [6, 6.07) is 19.3. The van der Waals surface area contributed by atoms with E-state index in [4.69, 9.17) is 0 Å². The fraction of sp³-hybridized carbons (Fsp3) is 0. The minimum absolute atomic E-state index is 0.0723. The first kappa shape index (κ1) is 16.1. The summed E-state index contributed by atoms with van der Waals surface area (Å²) in [6.45, 7) is 0. The lowest BCUT2D eigenvalue weighted by molar-refractivity contribution is 0.447. The number of anilines is 2. The van der Waals surface area contributed by atoms with Gasteiger partial charge in [0.2, 0.25) is 5.88 Å². The molecule has 0 fully saturated rings. The number of benzene rings is 2. The first-order valence-electron chi connectivity index (χ1n) is 7.52. The Bertz CT molecular complexity index is 991. The Hall–Kier alpha value is -3.76. The first-order chi connectivity index (χ1) is 12.1. The molecule has 1 aromatic heterocycles. The van der Waals surface area contributed by atoms with Gasteiger partial charge in [0.15, 0.2) is 0 Å². The van der Waals surface area contributed by atoms with Crippen molar-refractivity contribution in [1.29, 1.82) is 0 Å². The van der Waals surface area contributed by atoms with Crippen LogP contribution in [0.15, 0.2) is 82.2 Å². The molecule has 0 aliphatic rings. The van der Waals surface area contributed by atoms with Crippen molar-refractivity contribution in [3.8, 4) is 5.88 Å². The van der Waals surface area contributed by atoms with Crippen LogP contribution in [0.5, 0.6) is 5.88 Å². The Morgan fingerprint density at radius 1 is 0.880 bits per heavy atom. The van der Waals surface area contributed by atoms with Crippen LogP contribution >= 0.6 is 0 Å². The molecule has 1 heterocycles. The monoisotopic (exact) mass is 333 g/mol. The Morgan fingerprint density at radius 2 is 1.44 bits per heavy atom. The van der Waals surface area contributed by atoms with Gasteiger partial charge in [0.1, 0.15) is 5.56 Å². The van der Waals surface area contributed by atoms with E-state index in [0.29, 0.717) is 0 Å². The molecule has 2 aromatic carbocycles. The first-order valence-corrected chi connectivity index (χ1v) is 7.52. The van der Waals surface area contributed by atoms with Gasteiger partial charge in [-0.3, -0.25) is 14.8 Å². The van der Waals surface area contributed by atoms with Crippen LogP contribution in [-0.4, -0.2) is 15.1 Å². The van der Waals surface area contributed by atoms with Crippen molar-refractivity contribution < 1.29 is 5.11 Å². The Labute approximate surface area is 143 Å². The van der Waals surface area contributed by atoms with Crippen molar-refractivity contribution in [3.63, 3.8) is 0 Å². The number of nitrogens with zero attached hydrogens (tertiary/aromatic N) is 1. The molecule has 25 heavy (non-hydrogen) atoms. The van der Waals surface area contributed by atoms with E-state index in [0.717, 1.165) is 11.4 Å². The normalized spacial score (nSPS) is 9.92. The standard InChI is InChI=1S/C19H15N3O3/c23-17-16(18(24)21-19(25)20-17)12-7-13-22(14-8-3-1-4-9-14)15-10-5-2-6-11-15/h1-6,8-13H,(H3,20,21,23,24,25). The van der Waals surface area contributed by atoms with Gasteiger partial charge in [-0.25, -0.2) is 4.79 Å². The summed E-state index contributed by atoms with van der Waals surface area (Å²) in [6.07, 6.45) is 2.96. The highest BCUT2D eigenvalue weighted by Gasteiger charge is 2.06. The van der Waals surface area contributed by atoms with E-state index in [1.807, 2.05) is 65.6 Å². The van der Waals surface area contributed by atoms with Crippen LogP contribution in [0, 0.1) is 0 Å². The predicted molar refractivity (Wildman–Crippen MR) is 96.9 cm³/mol. The largest absolute Gasteiger partial charge is 0.494 e. The number of hydrogen-bond acceptors (Lipinski definition) is 4. The summed E-state index contributed by atoms with van der Waals surface area (Å²) in [5, 5.41) is 9.70. The Kier molecular flexibility index (Phi) is 4.65. The lowest BCUT2D eigenvalue weighted by Gasteiger charge is -2.19. The minimum atomic E-state index is -0.765. The third kappa shape index (κ3) is 3.77. The van der Waals surface area contributed by atoms with Crippen LogP contribution in [0.3, 0.4) is 0 Å². The average Bonchev–Trinajstić information content (AvgIpc) is 2.62. The number of hydrogen-bond donors (Lipinski definition) is 3. The maximum absolute atomic E-state index is 11.7. The molecule has 0 bridgehead atoms. The molecule has 124 valence electrons. The molecule has 0 spiro atoms. The van der Waals surface area contributed by atoms with Crippen molar-refractivity contribution in [2.75, 3.05) is 4.90 Å². The van der Waals surface area contributed by atoms with Crippen molar-refractivity contribution in [2.24, 2.45) is 0 Å². The number of aromatic amines is 2. The second-order valence-electron chi connectivity index (χ2n) is 5.15. The Morgan fingerprint density at radius 3 is 1.96 bits per heavy atom. The van der Waals surface area contributed by atoms with E-state index in [1.54, 1.807) is 6.20 Å². The maximum atomic E-state index is 11.7. The van der Waals surface area contributed by atoms with Crippen molar-refractivity contribution >= 4 is 17.5 Å². The van der Waals surface area contributed by atoms with Gasteiger partial charge in [0, 0.05) is 11.4 Å². The van der Waals surface area contributed by atoms with E-state index in [-0.39, 0.29) is 5.56 Å². The third-order valence-corrected chi connectivity index (χ3v) is 3.46. The van der Waals surface area contributed by atoms with Gasteiger partial charge in [-0.05, 0) is 30.3 Å². The second kappa shape index (κ2) is 7.21. The second-order valence-corrected chi connectivity index (χ2v) is 5.15. The van der Waals surface area contributed by atoms with Crippen LogP contribution in [-0.2, 0) is 0 Å². The minimum Gasteiger partial charge on any atom is -0.494 e. The van der Waals surface area contributed by atoms with Gasteiger partial charge in [0.25, 0.3) is 5.56 Å². The molecule has 0 radical (unpaired) electrons. The summed E-state index contributed by atoms with van der Waals surface area (Å²) in [4.78, 5) is 28.9. The average molecular weight is 333 g/mol. The van der Waals surface area contributed by atoms with E-state index < -0.39 is 17.1 Å². The number of H-pyrrole nitrogens is 2. The fourth-order valence-corrected chi connectivity index (χ4v) is 2.29. The van der Waals surface area contributed by atoms with E-state index in [1.165, 1.54) is 6.08 Å². The molecule has 0 amide bonds. The van der Waals surface area contributed by atoms with Gasteiger partial charge in [-0.15, -0.1) is 5.73 Å². The number of rotatable bonds is 4. The molecule has 0 aliphatic heterocycles. The smallest absolute Gasteiger partial charge is 0.328 e. The molecule has 3 aromatic rings. The Balaban J connectivity index is 2.03. The third-order valence-electron chi connectivity index (χ3n) is 3.46. The highest BCUT2D eigenvalue weighted by Crippen LogP contribution is 2.24. The predicted octanol–water partition coefficient (Wildman–Crippen LogP) is 2.73. The highest BCUT2D eigenvalue weighted by molar-refractivity contribution is 5.66. The van der Waals surface area contributed by atoms with Gasteiger partial charge in [-0.2, -0.15) is 0 Å². The molecule has 0 saturated carbocycles. The summed E-state index contributed by atoms with van der Waals surface area (Å²) in [7, 11) is 0. The van der Waals surface area contributed by atoms with E-state index in [2.05, 4.69) is 15.7 Å². The zero-order chi connectivity index (χ0) is 17.6. The molecular weight excluding hydrogens is 318 g/mol. The molecule has 6 heteroatoms. The van der Waals surface area contributed by atoms with Gasteiger partial charge in [0.05, 0.1) is 6.20 Å². The number of aromatic hydroxyl groups is 1. The zero-order valence-corrected chi connectivity index (χ0v) is 13.1. The molecule has 0 unspecified atom stereocenters. The van der Waals surface area contributed by atoms with Crippen LogP contribution in [0.1, 0.15) is 5.56 Å². The van der Waals surface area contributed by atoms with Gasteiger partial charge in [-0.1, -0.05) is 36.4 Å². The summed E-state index contributed by atoms with van der Waals surface area (Å²) >= 11 is 0. The summed E-state index contributed by atoms with van der Waals surface area (Å²) in [5.41, 5.74) is 3.17. The summed E-state index contributed by atoms with van der Waals surface area (Å²) in [5.74, 6) is -0.499. The van der Waals surface area contributed by atoms with Crippen LogP contribution < -0.4 is 16.1 Å². The van der Waals surface area contributed by atoms with E-state index >= 15 is 0 Å². The van der Waals surface area contributed by atoms with Crippen LogP contribution in [0.4, 0.5) is 11.4 Å². The SMILES string of the molecule is O=c1[nH]c(O)c(C=C=CN(c2ccccc2)c2ccccc2)c(=O)[nH]1. The van der Waals surface area contributed by atoms with Gasteiger partial charge < -0.3 is 10.0 Å². The quantitative estimate of drug-likeness (QED) is 0.641. The van der Waals surface area contributed by atoms with Crippen LogP contribution in [0.2, 0.25) is 0 Å². The van der Waals surface area contributed by atoms with Gasteiger partial charge >= 0.3 is 5.69 Å². The highest BCUT2D eigenvalue weighted by atomic mass is 16.3. The topological polar surface area (TPSA) is 89.2 Å². The molecule has 0 saturated heterocycles. The molecule has 6 nitrogen and oxygen atoms in total. The van der Waals surface area contributed by atoms with Crippen molar-refractivity contribution in [1.82, 2.24) is 9.97 Å². The number of para-hydroxylation sites is 2.